The van der Waals surface area contributed by atoms with E-state index in [-0.39, 0.29) is 22.7 Å². The van der Waals surface area contributed by atoms with Gasteiger partial charge in [-0.25, -0.2) is 0 Å². The van der Waals surface area contributed by atoms with Crippen LogP contribution in [0.4, 0.5) is 5.69 Å². The van der Waals surface area contributed by atoms with Crippen molar-refractivity contribution in [3.05, 3.63) is 94.5 Å². The van der Waals surface area contributed by atoms with E-state index in [2.05, 4.69) is 15.5 Å². The number of hydrogen-bond donors (Lipinski definition) is 1. The number of amides is 1. The Labute approximate surface area is 194 Å². The first kappa shape index (κ1) is 21.8. The molecule has 160 valence electrons. The molecule has 0 radical (unpaired) electrons. The number of nitrogens with one attached hydrogen (secondary N) is 1. The van der Waals surface area contributed by atoms with Gasteiger partial charge in [0.2, 0.25) is 11.8 Å². The molecule has 3 aromatic carbocycles. The van der Waals surface area contributed by atoms with Gasteiger partial charge in [0.25, 0.3) is 5.22 Å². The summed E-state index contributed by atoms with van der Waals surface area (Å²) < 4.78 is 5.65. The Morgan fingerprint density at radius 2 is 1.81 bits per heavy atom. The Kier molecular flexibility index (Phi) is 6.68. The fourth-order valence-electron chi connectivity index (χ4n) is 3.03. The minimum Gasteiger partial charge on any atom is -0.411 e. The molecular weight excluding hydrogens is 446 g/mol. The Bertz CT molecular complexity index is 1270. The molecule has 0 saturated heterocycles. The number of nitrogens with zero attached hydrogens (tertiary/aromatic N) is 2. The summed E-state index contributed by atoms with van der Waals surface area (Å²) in [5.41, 5.74) is 3.12. The van der Waals surface area contributed by atoms with Crippen molar-refractivity contribution in [1.82, 2.24) is 10.2 Å². The van der Waals surface area contributed by atoms with Gasteiger partial charge < -0.3 is 9.73 Å². The molecule has 0 unspecified atom stereocenters. The van der Waals surface area contributed by atoms with Crippen LogP contribution < -0.4 is 5.32 Å². The molecule has 0 bridgehead atoms. The Balaban J connectivity index is 1.43. The topological polar surface area (TPSA) is 85.1 Å². The number of carbonyl (C=O) groups excluding carboxylic acids is 2. The van der Waals surface area contributed by atoms with Gasteiger partial charge in [0.05, 0.1) is 11.4 Å². The summed E-state index contributed by atoms with van der Waals surface area (Å²) in [6.45, 7) is 1.98. The Morgan fingerprint density at radius 3 is 2.59 bits per heavy atom. The molecule has 6 nitrogen and oxygen atoms in total. The maximum Gasteiger partial charge on any atom is 0.277 e. The van der Waals surface area contributed by atoms with E-state index in [1.54, 1.807) is 42.5 Å². The summed E-state index contributed by atoms with van der Waals surface area (Å²) in [7, 11) is 0. The van der Waals surface area contributed by atoms with E-state index in [1.165, 1.54) is 0 Å². The Morgan fingerprint density at radius 1 is 1.00 bits per heavy atom. The number of ketones is 1. The van der Waals surface area contributed by atoms with E-state index in [1.807, 2.05) is 37.3 Å². The smallest absolute Gasteiger partial charge is 0.277 e. The van der Waals surface area contributed by atoms with Crippen molar-refractivity contribution < 1.29 is 14.0 Å². The lowest BCUT2D eigenvalue weighted by Gasteiger charge is -2.11. The number of thioether (sulfide) groups is 1. The number of aromatic nitrogens is 2. The number of halogens is 1. The maximum absolute atomic E-state index is 12.9. The second-order valence-electron chi connectivity index (χ2n) is 6.96. The number of carbonyl (C=O) groups is 2. The first-order valence-corrected chi connectivity index (χ1v) is 11.1. The zero-order valence-electron chi connectivity index (χ0n) is 17.0. The molecule has 1 heterocycles. The minimum atomic E-state index is -0.310. The summed E-state index contributed by atoms with van der Waals surface area (Å²) >= 11 is 7.21. The molecule has 0 aliphatic rings. The molecule has 32 heavy (non-hydrogen) atoms. The third-order valence-corrected chi connectivity index (χ3v) is 5.59. The van der Waals surface area contributed by atoms with Gasteiger partial charge in [-0.3, -0.25) is 9.59 Å². The first-order valence-electron chi connectivity index (χ1n) is 9.72. The van der Waals surface area contributed by atoms with Crippen molar-refractivity contribution in [3.63, 3.8) is 0 Å². The molecule has 4 aromatic rings. The van der Waals surface area contributed by atoms with Gasteiger partial charge in [-0.1, -0.05) is 71.4 Å². The third kappa shape index (κ3) is 5.25. The van der Waals surface area contributed by atoms with Crippen LogP contribution in [0.2, 0.25) is 5.02 Å². The fourth-order valence-corrected chi connectivity index (χ4v) is 3.77. The number of anilines is 1. The summed E-state index contributed by atoms with van der Waals surface area (Å²) in [5, 5.41) is 11.5. The quantitative estimate of drug-likeness (QED) is 0.281. The predicted molar refractivity (Wildman–Crippen MR) is 125 cm³/mol. The molecule has 1 amide bonds. The molecular formula is C24H18ClN3O3S. The molecule has 0 aliphatic heterocycles. The summed E-state index contributed by atoms with van der Waals surface area (Å²) in [5.74, 6) is -0.104. The van der Waals surface area contributed by atoms with Crippen molar-refractivity contribution in [2.24, 2.45) is 0 Å². The van der Waals surface area contributed by atoms with Crippen LogP contribution in [0.3, 0.4) is 0 Å². The molecule has 8 heteroatoms. The molecule has 1 aromatic heterocycles. The second kappa shape index (κ2) is 9.80. The fraction of sp³-hybridized carbons (Fsp3) is 0.0833. The van der Waals surface area contributed by atoms with Gasteiger partial charge >= 0.3 is 0 Å². The number of aryl methyl sites for hydroxylation is 1. The lowest BCUT2D eigenvalue weighted by atomic mass is 10.0. The Hall–Kier alpha value is -3.42. The van der Waals surface area contributed by atoms with Crippen LogP contribution in [0.5, 0.6) is 0 Å². The van der Waals surface area contributed by atoms with Gasteiger partial charge in [-0.15, -0.1) is 10.2 Å². The van der Waals surface area contributed by atoms with Gasteiger partial charge in [-0.2, -0.15) is 0 Å². The van der Waals surface area contributed by atoms with Crippen LogP contribution in [-0.4, -0.2) is 27.6 Å². The van der Waals surface area contributed by atoms with E-state index >= 15 is 0 Å². The van der Waals surface area contributed by atoms with Crippen molar-refractivity contribution >= 4 is 40.7 Å². The van der Waals surface area contributed by atoms with Crippen molar-refractivity contribution in [2.75, 3.05) is 11.1 Å². The summed E-state index contributed by atoms with van der Waals surface area (Å²) in [6, 6.07) is 21.3. The van der Waals surface area contributed by atoms with Gasteiger partial charge in [-0.05, 0) is 37.3 Å². The van der Waals surface area contributed by atoms with E-state index in [0.29, 0.717) is 27.7 Å². The summed E-state index contributed by atoms with van der Waals surface area (Å²) in [6.07, 6.45) is 0. The van der Waals surface area contributed by atoms with E-state index in [9.17, 15) is 9.59 Å². The molecule has 4 rings (SSSR count). The number of benzene rings is 3. The largest absolute Gasteiger partial charge is 0.411 e. The highest BCUT2D eigenvalue weighted by atomic mass is 35.5. The van der Waals surface area contributed by atoms with Crippen LogP contribution in [0.25, 0.3) is 11.5 Å². The van der Waals surface area contributed by atoms with E-state index in [4.69, 9.17) is 16.0 Å². The van der Waals surface area contributed by atoms with Gasteiger partial charge in [0.1, 0.15) is 0 Å². The van der Waals surface area contributed by atoms with Crippen LogP contribution in [0, 0.1) is 6.92 Å². The van der Waals surface area contributed by atoms with Crippen LogP contribution in [0.1, 0.15) is 21.5 Å². The molecule has 0 fully saturated rings. The van der Waals surface area contributed by atoms with E-state index in [0.717, 1.165) is 22.9 Å². The highest BCUT2D eigenvalue weighted by Gasteiger charge is 2.17. The van der Waals surface area contributed by atoms with Crippen molar-refractivity contribution in [2.45, 2.75) is 12.1 Å². The van der Waals surface area contributed by atoms with Crippen LogP contribution in [-0.2, 0) is 4.79 Å². The molecule has 0 spiro atoms. The monoisotopic (exact) mass is 463 g/mol. The molecule has 1 N–H and O–H groups in total. The average Bonchev–Trinajstić information content (AvgIpc) is 3.28. The SMILES string of the molecule is Cc1cccc(-c2nnc(SCC(=O)Nc3ccc(Cl)cc3C(=O)c3ccccc3)o2)c1. The summed E-state index contributed by atoms with van der Waals surface area (Å²) in [4.78, 5) is 25.4. The average molecular weight is 464 g/mol. The minimum absolute atomic E-state index is 0.0387. The van der Waals surface area contributed by atoms with Crippen molar-refractivity contribution in [3.8, 4) is 11.5 Å². The van der Waals surface area contributed by atoms with Crippen molar-refractivity contribution in [1.29, 1.82) is 0 Å². The van der Waals surface area contributed by atoms with Gasteiger partial charge in [0.15, 0.2) is 5.78 Å². The standard InChI is InChI=1S/C24H18ClN3O3S/c1-15-6-5-9-17(12-15)23-27-28-24(31-23)32-14-21(29)26-20-11-10-18(25)13-19(20)22(30)16-7-3-2-4-8-16/h2-13H,14H2,1H3,(H,26,29). The second-order valence-corrected chi connectivity index (χ2v) is 8.33. The number of rotatable bonds is 7. The maximum atomic E-state index is 12.9. The number of hydrogen-bond acceptors (Lipinski definition) is 6. The first-order chi connectivity index (χ1) is 15.5. The highest BCUT2D eigenvalue weighted by molar-refractivity contribution is 7.99. The lowest BCUT2D eigenvalue weighted by molar-refractivity contribution is -0.113. The van der Waals surface area contributed by atoms with E-state index < -0.39 is 0 Å². The molecule has 0 atom stereocenters. The van der Waals surface area contributed by atoms with Gasteiger partial charge in [0, 0.05) is 21.7 Å². The van der Waals surface area contributed by atoms with Crippen LogP contribution in [0.15, 0.2) is 82.4 Å². The molecule has 0 saturated carbocycles. The van der Waals surface area contributed by atoms with Crippen LogP contribution >= 0.6 is 23.4 Å². The zero-order chi connectivity index (χ0) is 22.5. The molecule has 0 aliphatic carbocycles. The zero-order valence-corrected chi connectivity index (χ0v) is 18.6. The lowest BCUT2D eigenvalue weighted by Crippen LogP contribution is -2.17. The normalized spacial score (nSPS) is 10.7. The third-order valence-electron chi connectivity index (χ3n) is 4.53. The predicted octanol–water partition coefficient (Wildman–Crippen LogP) is 5.66. The highest BCUT2D eigenvalue weighted by Crippen LogP contribution is 2.26.